The molecule has 1 heterocycles. The van der Waals surface area contributed by atoms with E-state index in [-0.39, 0.29) is 11.6 Å². The first-order chi connectivity index (χ1) is 5.95. The van der Waals surface area contributed by atoms with Crippen LogP contribution in [0.25, 0.3) is 0 Å². The largest absolute Gasteiger partial charge is 0.330 e. The van der Waals surface area contributed by atoms with Crippen LogP contribution in [0.4, 0.5) is 8.78 Å². The van der Waals surface area contributed by atoms with Gasteiger partial charge in [-0.1, -0.05) is 13.8 Å². The van der Waals surface area contributed by atoms with Crippen molar-refractivity contribution in [1.82, 2.24) is 9.55 Å². The molecule has 1 rings (SSSR count). The van der Waals surface area contributed by atoms with E-state index in [9.17, 15) is 8.78 Å². The molecule has 0 aliphatic heterocycles. The van der Waals surface area contributed by atoms with Crippen LogP contribution in [0.1, 0.15) is 43.4 Å². The Morgan fingerprint density at radius 2 is 1.85 bits per heavy atom. The molecule has 0 atom stereocenters. The third-order valence-corrected chi connectivity index (χ3v) is 2.15. The van der Waals surface area contributed by atoms with Gasteiger partial charge in [-0.2, -0.15) is 0 Å². The lowest BCUT2D eigenvalue weighted by molar-refractivity contribution is 0.140. The molecule has 0 aromatic carbocycles. The van der Waals surface area contributed by atoms with Crippen LogP contribution in [-0.4, -0.2) is 9.55 Å². The molecule has 0 saturated carbocycles. The van der Waals surface area contributed by atoms with Gasteiger partial charge in [0.05, 0.1) is 5.69 Å². The quantitative estimate of drug-likeness (QED) is 0.697. The molecule has 0 amide bonds. The molecule has 1 aromatic heterocycles. The summed E-state index contributed by atoms with van der Waals surface area (Å²) in [5, 5.41) is 0. The van der Waals surface area contributed by atoms with E-state index in [1.807, 2.05) is 13.8 Å². The van der Waals surface area contributed by atoms with Gasteiger partial charge >= 0.3 is 0 Å². The average Bonchev–Trinajstić information content (AvgIpc) is 2.28. The number of aromatic nitrogens is 2. The van der Waals surface area contributed by atoms with Crippen molar-refractivity contribution in [3.05, 3.63) is 17.2 Å². The topological polar surface area (TPSA) is 17.8 Å². The van der Waals surface area contributed by atoms with Crippen molar-refractivity contribution in [3.63, 3.8) is 0 Å². The molecular formula is C9H14F2N2. The number of imidazole rings is 1. The number of aryl methyl sites for hydroxylation is 1. The average molecular weight is 188 g/mol. The van der Waals surface area contributed by atoms with Crippen LogP contribution in [0.5, 0.6) is 0 Å². The second-order valence-corrected chi connectivity index (χ2v) is 3.44. The third-order valence-electron chi connectivity index (χ3n) is 2.15. The predicted molar refractivity (Wildman–Crippen MR) is 47.0 cm³/mol. The Bertz CT molecular complexity index is 303. The lowest BCUT2D eigenvalue weighted by Gasteiger charge is -2.06. The van der Waals surface area contributed by atoms with Crippen molar-refractivity contribution in [3.8, 4) is 0 Å². The first kappa shape index (κ1) is 10.2. The number of rotatable bonds is 2. The minimum absolute atomic E-state index is 0.0453. The summed E-state index contributed by atoms with van der Waals surface area (Å²) in [7, 11) is 1.62. The van der Waals surface area contributed by atoms with Crippen LogP contribution < -0.4 is 0 Å². The van der Waals surface area contributed by atoms with Gasteiger partial charge in [-0.15, -0.1) is 0 Å². The summed E-state index contributed by atoms with van der Waals surface area (Å²) in [6.07, 6.45) is -2.44. The Labute approximate surface area is 76.6 Å². The highest BCUT2D eigenvalue weighted by Gasteiger charge is 2.22. The number of nitrogens with zero attached hydrogens (tertiary/aromatic N) is 2. The zero-order chi connectivity index (χ0) is 10.2. The lowest BCUT2D eigenvalue weighted by Crippen LogP contribution is -2.01. The molecular weight excluding hydrogens is 174 g/mol. The van der Waals surface area contributed by atoms with Gasteiger partial charge in [0, 0.05) is 7.05 Å². The fourth-order valence-corrected chi connectivity index (χ4v) is 1.34. The zero-order valence-corrected chi connectivity index (χ0v) is 8.31. The van der Waals surface area contributed by atoms with Crippen LogP contribution in [0, 0.1) is 6.92 Å². The number of halogens is 2. The molecule has 0 fully saturated rings. The second kappa shape index (κ2) is 3.44. The van der Waals surface area contributed by atoms with Crippen molar-refractivity contribution in [2.75, 3.05) is 0 Å². The Balaban J connectivity index is 3.27. The number of hydrogen-bond acceptors (Lipinski definition) is 1. The van der Waals surface area contributed by atoms with Crippen molar-refractivity contribution < 1.29 is 8.78 Å². The van der Waals surface area contributed by atoms with Crippen LogP contribution >= 0.6 is 0 Å². The summed E-state index contributed by atoms with van der Waals surface area (Å²) in [6, 6.07) is 0. The molecule has 0 saturated heterocycles. The Morgan fingerprint density at radius 3 is 2.15 bits per heavy atom. The van der Waals surface area contributed by atoms with Crippen molar-refractivity contribution in [1.29, 1.82) is 0 Å². The summed E-state index contributed by atoms with van der Waals surface area (Å²) >= 11 is 0. The van der Waals surface area contributed by atoms with Crippen LogP contribution in [0.15, 0.2) is 0 Å². The van der Waals surface area contributed by atoms with E-state index in [2.05, 4.69) is 4.98 Å². The molecule has 0 aliphatic carbocycles. The second-order valence-electron chi connectivity index (χ2n) is 3.44. The molecule has 0 spiro atoms. The summed E-state index contributed by atoms with van der Waals surface area (Å²) in [6.45, 7) is 5.47. The molecule has 74 valence electrons. The summed E-state index contributed by atoms with van der Waals surface area (Å²) < 4.78 is 26.7. The van der Waals surface area contributed by atoms with E-state index < -0.39 is 6.43 Å². The van der Waals surface area contributed by atoms with Gasteiger partial charge in [-0.3, -0.25) is 0 Å². The highest BCUT2D eigenvalue weighted by atomic mass is 19.3. The first-order valence-electron chi connectivity index (χ1n) is 4.26. The van der Waals surface area contributed by atoms with Gasteiger partial charge in [-0.25, -0.2) is 13.8 Å². The molecule has 4 heteroatoms. The highest BCUT2D eigenvalue weighted by molar-refractivity contribution is 5.20. The number of hydrogen-bond donors (Lipinski definition) is 0. The third kappa shape index (κ3) is 1.71. The Hall–Kier alpha value is -0.930. The SMILES string of the molecule is Cc1nc(C(C)C)c(C(F)F)n1C. The molecule has 13 heavy (non-hydrogen) atoms. The Morgan fingerprint density at radius 1 is 1.31 bits per heavy atom. The lowest BCUT2D eigenvalue weighted by atomic mass is 10.1. The van der Waals surface area contributed by atoms with Crippen LogP contribution in [-0.2, 0) is 7.05 Å². The summed E-state index contributed by atoms with van der Waals surface area (Å²) in [5.74, 6) is 0.683. The molecule has 0 radical (unpaired) electrons. The fourth-order valence-electron chi connectivity index (χ4n) is 1.34. The van der Waals surface area contributed by atoms with Crippen molar-refractivity contribution in [2.24, 2.45) is 7.05 Å². The zero-order valence-electron chi connectivity index (χ0n) is 8.31. The fraction of sp³-hybridized carbons (Fsp3) is 0.667. The van der Waals surface area contributed by atoms with E-state index in [1.54, 1.807) is 14.0 Å². The minimum atomic E-state index is -2.44. The Kier molecular flexibility index (Phi) is 2.68. The molecule has 0 unspecified atom stereocenters. The van der Waals surface area contributed by atoms with E-state index >= 15 is 0 Å². The maximum atomic E-state index is 12.6. The maximum Gasteiger partial charge on any atom is 0.280 e. The predicted octanol–water partition coefficient (Wildman–Crippen LogP) is 2.79. The van der Waals surface area contributed by atoms with Gasteiger partial charge in [0.2, 0.25) is 0 Å². The molecule has 0 bridgehead atoms. The van der Waals surface area contributed by atoms with Gasteiger partial charge in [0.25, 0.3) is 6.43 Å². The van der Waals surface area contributed by atoms with Gasteiger partial charge in [0.1, 0.15) is 11.5 Å². The molecule has 0 aliphatic rings. The minimum Gasteiger partial charge on any atom is -0.330 e. The van der Waals surface area contributed by atoms with E-state index in [1.165, 1.54) is 4.57 Å². The standard InChI is InChI=1S/C9H14F2N2/c1-5(2)7-8(9(10)11)13(4)6(3)12-7/h5,9H,1-4H3. The van der Waals surface area contributed by atoms with Crippen molar-refractivity contribution in [2.45, 2.75) is 33.1 Å². The molecule has 0 N–H and O–H groups in total. The summed E-state index contributed by atoms with van der Waals surface area (Å²) in [4.78, 5) is 4.11. The maximum absolute atomic E-state index is 12.6. The highest BCUT2D eigenvalue weighted by Crippen LogP contribution is 2.27. The van der Waals surface area contributed by atoms with Crippen LogP contribution in [0.3, 0.4) is 0 Å². The normalized spacial score (nSPS) is 11.7. The van der Waals surface area contributed by atoms with Crippen LogP contribution in [0.2, 0.25) is 0 Å². The van der Waals surface area contributed by atoms with Crippen molar-refractivity contribution >= 4 is 0 Å². The van der Waals surface area contributed by atoms with E-state index in [4.69, 9.17) is 0 Å². The number of alkyl halides is 2. The molecule has 2 nitrogen and oxygen atoms in total. The molecule has 1 aromatic rings. The summed E-state index contributed by atoms with van der Waals surface area (Å²) in [5.41, 5.74) is 0.558. The first-order valence-corrected chi connectivity index (χ1v) is 4.26. The van der Waals surface area contributed by atoms with Gasteiger partial charge in [0.15, 0.2) is 0 Å². The van der Waals surface area contributed by atoms with Gasteiger partial charge in [-0.05, 0) is 12.8 Å². The van der Waals surface area contributed by atoms with E-state index in [0.29, 0.717) is 11.5 Å². The smallest absolute Gasteiger partial charge is 0.280 e. The van der Waals surface area contributed by atoms with Gasteiger partial charge < -0.3 is 4.57 Å². The monoisotopic (exact) mass is 188 g/mol. The van der Waals surface area contributed by atoms with E-state index in [0.717, 1.165) is 0 Å².